The van der Waals surface area contributed by atoms with Crippen molar-refractivity contribution >= 4 is 48.5 Å². The first-order valence-electron chi connectivity index (χ1n) is 8.95. The van der Waals surface area contributed by atoms with Crippen LogP contribution in [0, 0.1) is 0 Å². The Morgan fingerprint density at radius 2 is 1.57 bits per heavy atom. The van der Waals surface area contributed by atoms with Crippen LogP contribution in [0.15, 0.2) is 61.1 Å². The van der Waals surface area contributed by atoms with E-state index in [2.05, 4.69) is 31.9 Å². The molecule has 9 heteroatoms. The van der Waals surface area contributed by atoms with E-state index in [1.165, 1.54) is 11.6 Å². The molecule has 0 bridgehead atoms. The van der Waals surface area contributed by atoms with Gasteiger partial charge in [-0.25, -0.2) is 4.79 Å². The van der Waals surface area contributed by atoms with Crippen molar-refractivity contribution in [2.24, 2.45) is 14.1 Å². The molecule has 0 unspecified atom stereocenters. The Balaban J connectivity index is 2.17. The van der Waals surface area contributed by atoms with Crippen molar-refractivity contribution in [3.8, 4) is 22.7 Å². The highest BCUT2D eigenvalue weighted by molar-refractivity contribution is 9.11. The number of benzene rings is 2. The number of nitrogens with zero attached hydrogens (tertiary/aromatic N) is 3. The van der Waals surface area contributed by atoms with Crippen LogP contribution < -0.4 is 21.7 Å². The first-order valence-corrected chi connectivity index (χ1v) is 10.5. The minimum atomic E-state index is -0.384. The molecule has 0 spiro atoms. The summed E-state index contributed by atoms with van der Waals surface area (Å²) in [5.74, 6) is 0.708. The molecule has 4 rings (SSSR count). The molecule has 0 aliphatic heterocycles. The van der Waals surface area contributed by atoms with Crippen LogP contribution in [0.3, 0.4) is 0 Å². The topological polar surface area (TPSA) is 84.2 Å². The number of hydrogen-bond acceptors (Lipinski definition) is 4. The molecular weight excluding hydrogens is 516 g/mol. The number of rotatable bonds is 3. The summed E-state index contributed by atoms with van der Waals surface area (Å²) in [5.41, 5.74) is 8.69. The smallest absolute Gasteiger partial charge is 0.330 e. The number of hydrogen-bond donors (Lipinski definition) is 1. The Bertz CT molecular complexity index is 1390. The van der Waals surface area contributed by atoms with Gasteiger partial charge in [0, 0.05) is 34.9 Å². The summed E-state index contributed by atoms with van der Waals surface area (Å²) < 4.78 is 11.2. The number of nitrogens with two attached hydrogens (primary N) is 1. The number of ether oxygens (including phenoxy) is 1. The van der Waals surface area contributed by atoms with Crippen LogP contribution >= 0.6 is 31.9 Å². The van der Waals surface area contributed by atoms with E-state index >= 15 is 0 Å². The van der Waals surface area contributed by atoms with Gasteiger partial charge in [-0.3, -0.25) is 13.9 Å². The lowest BCUT2D eigenvalue weighted by atomic mass is 10.1. The molecule has 0 atom stereocenters. The molecule has 4 aromatic rings. The number of aryl methyl sites for hydroxylation is 1. The molecular formula is C21H18Br2N4O3. The first kappa shape index (κ1) is 20.5. The molecule has 2 heterocycles. The van der Waals surface area contributed by atoms with Gasteiger partial charge in [0.05, 0.1) is 29.4 Å². The maximum absolute atomic E-state index is 13.1. The van der Waals surface area contributed by atoms with Gasteiger partial charge in [0.25, 0.3) is 5.56 Å². The highest BCUT2D eigenvalue weighted by Gasteiger charge is 2.21. The van der Waals surface area contributed by atoms with Crippen LogP contribution in [0.2, 0.25) is 0 Å². The molecule has 0 aliphatic rings. The Morgan fingerprint density at radius 1 is 0.967 bits per heavy atom. The third kappa shape index (κ3) is 3.09. The van der Waals surface area contributed by atoms with E-state index < -0.39 is 0 Å². The second kappa shape index (κ2) is 7.48. The van der Waals surface area contributed by atoms with Crippen molar-refractivity contribution in [3.63, 3.8) is 0 Å². The number of anilines is 1. The van der Waals surface area contributed by atoms with Crippen LogP contribution in [0.4, 0.5) is 5.69 Å². The van der Waals surface area contributed by atoms with Crippen molar-refractivity contribution in [1.29, 1.82) is 0 Å². The molecule has 0 aliphatic carbocycles. The molecule has 0 radical (unpaired) electrons. The summed E-state index contributed by atoms with van der Waals surface area (Å²) in [6, 6.07) is 11.2. The summed E-state index contributed by atoms with van der Waals surface area (Å²) in [6.45, 7) is 0. The average molecular weight is 534 g/mol. The van der Waals surface area contributed by atoms with Gasteiger partial charge in [-0.05, 0) is 73.8 Å². The maximum atomic E-state index is 13.1. The molecule has 0 saturated carbocycles. The quantitative estimate of drug-likeness (QED) is 0.406. The summed E-state index contributed by atoms with van der Waals surface area (Å²) in [4.78, 5) is 25.6. The van der Waals surface area contributed by atoms with E-state index in [0.29, 0.717) is 37.0 Å². The van der Waals surface area contributed by atoms with Crippen molar-refractivity contribution < 1.29 is 4.74 Å². The number of nitrogen functional groups attached to an aromatic ring is 1. The molecule has 2 aromatic heterocycles. The van der Waals surface area contributed by atoms with Crippen molar-refractivity contribution in [1.82, 2.24) is 13.7 Å². The van der Waals surface area contributed by atoms with Crippen molar-refractivity contribution in [2.75, 3.05) is 12.8 Å². The second-order valence-electron chi connectivity index (χ2n) is 6.87. The van der Waals surface area contributed by atoms with E-state index in [9.17, 15) is 9.59 Å². The fraction of sp³-hybridized carbons (Fsp3) is 0.143. The van der Waals surface area contributed by atoms with Crippen LogP contribution in [0.25, 0.3) is 27.8 Å². The molecule has 2 N–H and O–H groups in total. The molecule has 0 amide bonds. The third-order valence-corrected chi connectivity index (χ3v) is 6.46. The highest BCUT2D eigenvalue weighted by atomic mass is 79.9. The Kier molecular flexibility index (Phi) is 5.11. The predicted octanol–water partition coefficient (Wildman–Crippen LogP) is 3.81. The SMILES string of the molecule is COc1ccc(-c2c3c(=O)n(C)c(=O)n(C)c3cn2-c2cc(Br)c(N)c(Br)c2)cc1. The Labute approximate surface area is 188 Å². The summed E-state index contributed by atoms with van der Waals surface area (Å²) in [7, 11) is 4.73. The van der Waals surface area contributed by atoms with Gasteiger partial charge >= 0.3 is 5.69 Å². The molecule has 30 heavy (non-hydrogen) atoms. The Morgan fingerprint density at radius 3 is 2.13 bits per heavy atom. The van der Waals surface area contributed by atoms with E-state index in [1.54, 1.807) is 20.4 Å². The number of methoxy groups -OCH3 is 1. The van der Waals surface area contributed by atoms with Gasteiger partial charge in [-0.15, -0.1) is 0 Å². The lowest BCUT2D eigenvalue weighted by Gasteiger charge is -2.13. The van der Waals surface area contributed by atoms with E-state index in [0.717, 1.165) is 15.8 Å². The van der Waals surface area contributed by atoms with Crippen LogP contribution in [-0.2, 0) is 14.1 Å². The largest absolute Gasteiger partial charge is 0.497 e. The van der Waals surface area contributed by atoms with E-state index in [1.807, 2.05) is 41.0 Å². The zero-order valence-electron chi connectivity index (χ0n) is 16.4. The fourth-order valence-corrected chi connectivity index (χ4v) is 4.65. The third-order valence-electron chi connectivity index (χ3n) is 5.14. The average Bonchev–Trinajstić information content (AvgIpc) is 3.15. The molecule has 7 nitrogen and oxygen atoms in total. The zero-order valence-corrected chi connectivity index (χ0v) is 19.6. The van der Waals surface area contributed by atoms with Gasteiger partial charge in [-0.2, -0.15) is 0 Å². The summed E-state index contributed by atoms with van der Waals surface area (Å²) in [6.07, 6.45) is 1.79. The Hall–Kier alpha value is -2.78. The van der Waals surface area contributed by atoms with Gasteiger partial charge in [0.1, 0.15) is 5.75 Å². The molecule has 0 fully saturated rings. The van der Waals surface area contributed by atoms with Gasteiger partial charge in [0.2, 0.25) is 0 Å². The van der Waals surface area contributed by atoms with E-state index in [-0.39, 0.29) is 11.2 Å². The number of halogens is 2. The monoisotopic (exact) mass is 532 g/mol. The van der Waals surface area contributed by atoms with Crippen LogP contribution in [-0.4, -0.2) is 20.8 Å². The highest BCUT2D eigenvalue weighted by Crippen LogP contribution is 2.36. The van der Waals surface area contributed by atoms with Gasteiger partial charge < -0.3 is 15.0 Å². The molecule has 0 saturated heterocycles. The minimum Gasteiger partial charge on any atom is -0.497 e. The second-order valence-corrected chi connectivity index (χ2v) is 8.57. The van der Waals surface area contributed by atoms with E-state index in [4.69, 9.17) is 10.5 Å². The first-order chi connectivity index (χ1) is 14.2. The van der Waals surface area contributed by atoms with Crippen LogP contribution in [0.5, 0.6) is 5.75 Å². The van der Waals surface area contributed by atoms with Gasteiger partial charge in [0.15, 0.2) is 0 Å². The lowest BCUT2D eigenvalue weighted by Crippen LogP contribution is -2.36. The van der Waals surface area contributed by atoms with Crippen molar-refractivity contribution in [2.45, 2.75) is 0 Å². The summed E-state index contributed by atoms with van der Waals surface area (Å²) in [5, 5.41) is 0.453. The zero-order chi connectivity index (χ0) is 21.7. The lowest BCUT2D eigenvalue weighted by molar-refractivity contribution is 0.415. The maximum Gasteiger partial charge on any atom is 0.330 e. The van der Waals surface area contributed by atoms with Gasteiger partial charge in [-0.1, -0.05) is 0 Å². The van der Waals surface area contributed by atoms with Crippen molar-refractivity contribution in [3.05, 3.63) is 72.4 Å². The fourth-order valence-electron chi connectivity index (χ4n) is 3.49. The minimum absolute atomic E-state index is 0.355. The standard InChI is InChI=1S/C21H18Br2N4O3/c1-25-16-10-27(12-8-14(22)18(24)15(23)9-12)19(11-4-6-13(30-3)7-5-11)17(16)20(28)26(2)21(25)29/h4-10H,24H2,1-3H3. The number of aromatic nitrogens is 3. The predicted molar refractivity (Wildman–Crippen MR) is 126 cm³/mol. The summed E-state index contributed by atoms with van der Waals surface area (Å²) >= 11 is 6.97. The van der Waals surface area contributed by atoms with Crippen LogP contribution in [0.1, 0.15) is 0 Å². The molecule has 2 aromatic carbocycles. The normalized spacial score (nSPS) is 11.2. The number of fused-ring (bicyclic) bond motifs is 1. The molecule has 154 valence electrons.